The molecule has 0 unspecified atom stereocenters. The Kier molecular flexibility index (Phi) is 5.94. The number of nitrogen functional groups attached to an aromatic ring is 1. The van der Waals surface area contributed by atoms with Crippen LogP contribution in [-0.2, 0) is 6.54 Å². The molecule has 1 fully saturated rings. The average Bonchev–Trinajstić information content (AvgIpc) is 2.75. The van der Waals surface area contributed by atoms with Crippen molar-refractivity contribution in [2.75, 3.05) is 49.2 Å². The zero-order valence-corrected chi connectivity index (χ0v) is 17.4. The van der Waals surface area contributed by atoms with Gasteiger partial charge in [0.2, 0.25) is 11.9 Å². The van der Waals surface area contributed by atoms with Gasteiger partial charge in [-0.3, -0.25) is 4.90 Å². The predicted molar refractivity (Wildman–Crippen MR) is 119 cm³/mol. The summed E-state index contributed by atoms with van der Waals surface area (Å²) in [6, 6.07) is 16.2. The number of benzene rings is 2. The Morgan fingerprint density at radius 2 is 1.77 bits per heavy atom. The maximum Gasteiger partial charge on any atom is 0.232 e. The second-order valence-corrected chi connectivity index (χ2v) is 7.39. The van der Waals surface area contributed by atoms with Gasteiger partial charge in [0, 0.05) is 43.6 Å². The maximum absolute atomic E-state index is 5.93. The molecule has 0 amide bonds. The second-order valence-electron chi connectivity index (χ2n) is 7.39. The van der Waals surface area contributed by atoms with Gasteiger partial charge in [-0.05, 0) is 31.2 Å². The van der Waals surface area contributed by atoms with E-state index in [1.54, 1.807) is 7.11 Å². The lowest BCUT2D eigenvalue weighted by Gasteiger charge is -2.35. The highest BCUT2D eigenvalue weighted by Gasteiger charge is 2.19. The van der Waals surface area contributed by atoms with Crippen LogP contribution in [0.1, 0.15) is 11.4 Å². The largest absolute Gasteiger partial charge is 0.497 e. The van der Waals surface area contributed by atoms with E-state index >= 15 is 0 Å². The van der Waals surface area contributed by atoms with Crippen molar-refractivity contribution in [1.82, 2.24) is 19.9 Å². The Hall–Kier alpha value is -3.39. The fourth-order valence-electron chi connectivity index (χ4n) is 3.50. The van der Waals surface area contributed by atoms with Gasteiger partial charge in [-0.1, -0.05) is 23.8 Å². The number of nitrogens with zero attached hydrogens (tertiary/aromatic N) is 5. The molecule has 0 aliphatic carbocycles. The topological polar surface area (TPSA) is 92.4 Å². The quantitative estimate of drug-likeness (QED) is 0.647. The number of nitrogens with two attached hydrogens (primary N) is 1. The molecule has 4 rings (SSSR count). The first-order chi connectivity index (χ1) is 14.6. The first-order valence-electron chi connectivity index (χ1n) is 10.0. The second kappa shape index (κ2) is 8.96. The number of hydrogen-bond donors (Lipinski definition) is 2. The van der Waals surface area contributed by atoms with Crippen LogP contribution in [0.5, 0.6) is 5.75 Å². The molecule has 1 saturated heterocycles. The van der Waals surface area contributed by atoms with Crippen molar-refractivity contribution in [2.24, 2.45) is 0 Å². The van der Waals surface area contributed by atoms with Gasteiger partial charge in [0.1, 0.15) is 11.6 Å². The minimum Gasteiger partial charge on any atom is -0.497 e. The van der Waals surface area contributed by atoms with E-state index in [2.05, 4.69) is 49.1 Å². The summed E-state index contributed by atoms with van der Waals surface area (Å²) < 4.78 is 5.34. The van der Waals surface area contributed by atoms with E-state index in [0.29, 0.717) is 18.3 Å². The lowest BCUT2D eigenvalue weighted by molar-refractivity contribution is 0.244. The molecule has 156 valence electrons. The third kappa shape index (κ3) is 4.96. The molecule has 1 aromatic heterocycles. The van der Waals surface area contributed by atoms with Gasteiger partial charge in [0.05, 0.1) is 13.7 Å². The number of piperazine rings is 1. The molecule has 3 N–H and O–H groups in total. The standard InChI is InChI=1S/C22H27N7O/c1-16-6-8-17(9-7-16)24-22-26-20(25-21(23)27-22)15-28-10-12-29(13-11-28)18-4-3-5-19(14-18)30-2/h3-9,14H,10-13,15H2,1-2H3,(H3,23,24,25,26,27). The first kappa shape index (κ1) is 19.9. The summed E-state index contributed by atoms with van der Waals surface area (Å²) in [4.78, 5) is 17.8. The van der Waals surface area contributed by atoms with Crippen molar-refractivity contribution < 1.29 is 4.74 Å². The zero-order valence-electron chi connectivity index (χ0n) is 17.4. The molecule has 8 heteroatoms. The van der Waals surface area contributed by atoms with Gasteiger partial charge < -0.3 is 20.7 Å². The number of methoxy groups -OCH3 is 1. The van der Waals surface area contributed by atoms with Crippen LogP contribution in [0.2, 0.25) is 0 Å². The molecule has 3 aromatic rings. The summed E-state index contributed by atoms with van der Waals surface area (Å²) in [5.41, 5.74) is 9.23. The lowest BCUT2D eigenvalue weighted by Crippen LogP contribution is -2.46. The van der Waals surface area contributed by atoms with Gasteiger partial charge in [0.15, 0.2) is 0 Å². The number of anilines is 4. The van der Waals surface area contributed by atoms with Crippen LogP contribution in [0.15, 0.2) is 48.5 Å². The summed E-state index contributed by atoms with van der Waals surface area (Å²) >= 11 is 0. The van der Waals surface area contributed by atoms with Crippen molar-refractivity contribution in [3.8, 4) is 5.75 Å². The number of rotatable bonds is 6. The molecule has 30 heavy (non-hydrogen) atoms. The van der Waals surface area contributed by atoms with E-state index in [1.807, 2.05) is 36.4 Å². The Morgan fingerprint density at radius 1 is 1.00 bits per heavy atom. The Labute approximate surface area is 176 Å². The Bertz CT molecular complexity index is 985. The van der Waals surface area contributed by atoms with E-state index < -0.39 is 0 Å². The average molecular weight is 406 g/mol. The first-order valence-corrected chi connectivity index (χ1v) is 10.0. The fourth-order valence-corrected chi connectivity index (χ4v) is 3.50. The predicted octanol–water partition coefficient (Wildman–Crippen LogP) is 2.84. The summed E-state index contributed by atoms with van der Waals surface area (Å²) in [6.07, 6.45) is 0. The maximum atomic E-state index is 5.93. The van der Waals surface area contributed by atoms with E-state index in [9.17, 15) is 0 Å². The van der Waals surface area contributed by atoms with Crippen LogP contribution in [0.25, 0.3) is 0 Å². The molecule has 1 aliphatic heterocycles. The van der Waals surface area contributed by atoms with Gasteiger partial charge in [-0.15, -0.1) is 0 Å². The van der Waals surface area contributed by atoms with Crippen LogP contribution in [-0.4, -0.2) is 53.1 Å². The number of nitrogens with one attached hydrogen (secondary N) is 1. The molecular weight excluding hydrogens is 378 g/mol. The van der Waals surface area contributed by atoms with Crippen LogP contribution in [0.4, 0.5) is 23.3 Å². The highest BCUT2D eigenvalue weighted by molar-refractivity contribution is 5.54. The lowest BCUT2D eigenvalue weighted by atomic mass is 10.2. The Morgan fingerprint density at radius 3 is 2.50 bits per heavy atom. The summed E-state index contributed by atoms with van der Waals surface area (Å²) in [6.45, 7) is 6.40. The number of ether oxygens (including phenoxy) is 1. The van der Waals surface area contributed by atoms with Gasteiger partial charge in [0.25, 0.3) is 0 Å². The van der Waals surface area contributed by atoms with E-state index in [1.165, 1.54) is 11.3 Å². The van der Waals surface area contributed by atoms with Crippen LogP contribution < -0.4 is 20.7 Å². The summed E-state index contributed by atoms with van der Waals surface area (Å²) in [7, 11) is 1.69. The molecule has 2 aromatic carbocycles. The third-order valence-corrected chi connectivity index (χ3v) is 5.16. The molecule has 0 spiro atoms. The van der Waals surface area contributed by atoms with Crippen LogP contribution in [0.3, 0.4) is 0 Å². The highest BCUT2D eigenvalue weighted by Crippen LogP contribution is 2.22. The minimum atomic E-state index is 0.227. The SMILES string of the molecule is COc1cccc(N2CCN(Cc3nc(N)nc(Nc4ccc(C)cc4)n3)CC2)c1. The zero-order chi connectivity index (χ0) is 20.9. The molecule has 0 radical (unpaired) electrons. The smallest absolute Gasteiger partial charge is 0.232 e. The van der Waals surface area contributed by atoms with Crippen molar-refractivity contribution in [1.29, 1.82) is 0 Å². The normalized spacial score (nSPS) is 14.5. The minimum absolute atomic E-state index is 0.227. The molecule has 8 nitrogen and oxygen atoms in total. The number of hydrogen-bond acceptors (Lipinski definition) is 8. The van der Waals surface area contributed by atoms with Gasteiger partial charge in [-0.25, -0.2) is 0 Å². The fraction of sp³-hybridized carbons (Fsp3) is 0.318. The van der Waals surface area contributed by atoms with Crippen molar-refractivity contribution in [3.05, 3.63) is 59.9 Å². The Balaban J connectivity index is 1.37. The van der Waals surface area contributed by atoms with Crippen LogP contribution in [0, 0.1) is 6.92 Å². The molecule has 1 aliphatic rings. The van der Waals surface area contributed by atoms with Crippen LogP contribution >= 0.6 is 0 Å². The molecular formula is C22H27N7O. The van der Waals surface area contributed by atoms with Gasteiger partial charge >= 0.3 is 0 Å². The molecule has 0 saturated carbocycles. The van der Waals surface area contributed by atoms with E-state index in [0.717, 1.165) is 37.6 Å². The highest BCUT2D eigenvalue weighted by atomic mass is 16.5. The number of aromatic nitrogens is 3. The molecule has 2 heterocycles. The van der Waals surface area contributed by atoms with Crippen molar-refractivity contribution in [3.63, 3.8) is 0 Å². The van der Waals surface area contributed by atoms with E-state index in [-0.39, 0.29) is 5.95 Å². The van der Waals surface area contributed by atoms with Gasteiger partial charge in [-0.2, -0.15) is 15.0 Å². The molecule has 0 atom stereocenters. The van der Waals surface area contributed by atoms with E-state index in [4.69, 9.17) is 10.5 Å². The molecule has 0 bridgehead atoms. The number of aryl methyl sites for hydroxylation is 1. The summed E-state index contributed by atoms with van der Waals surface area (Å²) in [5.74, 6) is 2.25. The summed E-state index contributed by atoms with van der Waals surface area (Å²) in [5, 5.41) is 3.21. The monoisotopic (exact) mass is 405 g/mol. The van der Waals surface area contributed by atoms with Crippen molar-refractivity contribution >= 4 is 23.3 Å². The van der Waals surface area contributed by atoms with Crippen molar-refractivity contribution in [2.45, 2.75) is 13.5 Å². The third-order valence-electron chi connectivity index (χ3n) is 5.16.